The van der Waals surface area contributed by atoms with Crippen molar-refractivity contribution >= 4 is 34.2 Å². The quantitative estimate of drug-likeness (QED) is 0.618. The first-order valence-corrected chi connectivity index (χ1v) is 6.52. The highest BCUT2D eigenvalue weighted by atomic mass is 127. The number of anilines is 1. The molecule has 0 unspecified atom stereocenters. The van der Waals surface area contributed by atoms with E-state index in [4.69, 9.17) is 9.47 Å². The number of ether oxygens (including phenoxy) is 2. The molecule has 0 saturated carbocycles. The second kappa shape index (κ2) is 5.68. The van der Waals surface area contributed by atoms with Crippen molar-refractivity contribution in [3.63, 3.8) is 0 Å². The van der Waals surface area contributed by atoms with E-state index in [1.54, 1.807) is 12.0 Å². The van der Waals surface area contributed by atoms with E-state index >= 15 is 0 Å². The fourth-order valence-corrected chi connectivity index (χ4v) is 2.26. The molecule has 5 heteroatoms. The molecular weight excluding hydrogens is 333 g/mol. The number of nitrogens with zero attached hydrogens (tertiary/aromatic N) is 1. The number of halogens is 1. The van der Waals surface area contributed by atoms with Gasteiger partial charge < -0.3 is 14.4 Å². The Hall–Kier alpha value is -0.820. The van der Waals surface area contributed by atoms with Crippen LogP contribution in [0.5, 0.6) is 5.75 Å². The summed E-state index contributed by atoms with van der Waals surface area (Å²) in [5, 5.41) is 0. The van der Waals surface area contributed by atoms with Crippen molar-refractivity contribution in [2.75, 3.05) is 31.8 Å². The van der Waals surface area contributed by atoms with Gasteiger partial charge in [-0.2, -0.15) is 0 Å². The summed E-state index contributed by atoms with van der Waals surface area (Å²) >= 11 is 2.23. The standard InChI is InChI=1S/C12H14INO3/c1-16-6-2-5-14-10-7-9(13)3-4-11(10)17-8-12(14)15/h3-4,7H,2,5-6,8H2,1H3. The minimum Gasteiger partial charge on any atom is -0.482 e. The van der Waals surface area contributed by atoms with Crippen LogP contribution in [0.3, 0.4) is 0 Å². The second-order valence-corrected chi connectivity index (χ2v) is 5.04. The highest BCUT2D eigenvalue weighted by Crippen LogP contribution is 2.33. The van der Waals surface area contributed by atoms with Gasteiger partial charge in [-0.3, -0.25) is 4.79 Å². The molecule has 0 atom stereocenters. The molecule has 2 rings (SSSR count). The van der Waals surface area contributed by atoms with Crippen LogP contribution in [0.25, 0.3) is 0 Å². The summed E-state index contributed by atoms with van der Waals surface area (Å²) in [5.41, 5.74) is 0.865. The largest absolute Gasteiger partial charge is 0.482 e. The highest BCUT2D eigenvalue weighted by molar-refractivity contribution is 14.1. The van der Waals surface area contributed by atoms with Gasteiger partial charge in [0.1, 0.15) is 5.75 Å². The fraction of sp³-hybridized carbons (Fsp3) is 0.417. The van der Waals surface area contributed by atoms with Gasteiger partial charge in [0.2, 0.25) is 0 Å². The first kappa shape index (κ1) is 12.6. The normalized spacial score (nSPS) is 14.5. The van der Waals surface area contributed by atoms with Crippen LogP contribution in [0.15, 0.2) is 18.2 Å². The zero-order valence-corrected chi connectivity index (χ0v) is 11.8. The monoisotopic (exact) mass is 347 g/mol. The Morgan fingerprint density at radius 1 is 1.53 bits per heavy atom. The van der Waals surface area contributed by atoms with Crippen molar-refractivity contribution in [2.45, 2.75) is 6.42 Å². The molecule has 1 aromatic carbocycles. The molecule has 0 fully saturated rings. The maximum absolute atomic E-state index is 11.8. The molecule has 0 bridgehead atoms. The zero-order chi connectivity index (χ0) is 12.3. The number of hydrogen-bond acceptors (Lipinski definition) is 3. The molecule has 1 amide bonds. The predicted octanol–water partition coefficient (Wildman–Crippen LogP) is 2.05. The van der Waals surface area contributed by atoms with Crippen LogP contribution in [0.2, 0.25) is 0 Å². The topological polar surface area (TPSA) is 38.8 Å². The summed E-state index contributed by atoms with van der Waals surface area (Å²) in [7, 11) is 1.66. The SMILES string of the molecule is COCCCN1C(=O)COc2ccc(I)cc21. The molecule has 0 N–H and O–H groups in total. The Labute approximate surface area is 114 Å². The van der Waals surface area contributed by atoms with E-state index in [0.29, 0.717) is 13.2 Å². The third-order valence-corrected chi connectivity index (χ3v) is 3.27. The Balaban J connectivity index is 2.20. The first-order chi connectivity index (χ1) is 8.22. The highest BCUT2D eigenvalue weighted by Gasteiger charge is 2.24. The summed E-state index contributed by atoms with van der Waals surface area (Å²) in [6.07, 6.45) is 0.827. The maximum Gasteiger partial charge on any atom is 0.265 e. The summed E-state index contributed by atoms with van der Waals surface area (Å²) < 4.78 is 11.5. The zero-order valence-electron chi connectivity index (χ0n) is 9.61. The number of rotatable bonds is 4. The van der Waals surface area contributed by atoms with Gasteiger partial charge in [-0.15, -0.1) is 0 Å². The molecule has 17 heavy (non-hydrogen) atoms. The van der Waals surface area contributed by atoms with E-state index in [0.717, 1.165) is 21.4 Å². The van der Waals surface area contributed by atoms with Crippen molar-refractivity contribution in [2.24, 2.45) is 0 Å². The van der Waals surface area contributed by atoms with Crippen molar-refractivity contribution in [3.05, 3.63) is 21.8 Å². The lowest BCUT2D eigenvalue weighted by atomic mass is 10.2. The molecule has 1 aliphatic heterocycles. The van der Waals surface area contributed by atoms with Crippen LogP contribution in [0.1, 0.15) is 6.42 Å². The number of methoxy groups -OCH3 is 1. The van der Waals surface area contributed by atoms with Gasteiger partial charge in [0.15, 0.2) is 6.61 Å². The van der Waals surface area contributed by atoms with Crippen LogP contribution in [-0.2, 0) is 9.53 Å². The first-order valence-electron chi connectivity index (χ1n) is 5.44. The third kappa shape index (κ3) is 2.90. The smallest absolute Gasteiger partial charge is 0.265 e. The van der Waals surface area contributed by atoms with Gasteiger partial charge in [-0.05, 0) is 47.2 Å². The molecule has 1 heterocycles. The van der Waals surface area contributed by atoms with Crippen LogP contribution < -0.4 is 9.64 Å². The molecule has 0 aliphatic carbocycles. The molecule has 0 saturated heterocycles. The van der Waals surface area contributed by atoms with Gasteiger partial charge in [0.05, 0.1) is 5.69 Å². The lowest BCUT2D eigenvalue weighted by Gasteiger charge is -2.29. The van der Waals surface area contributed by atoms with Crippen LogP contribution in [0, 0.1) is 3.57 Å². The summed E-state index contributed by atoms with van der Waals surface area (Å²) in [6.45, 7) is 1.45. The molecule has 0 radical (unpaired) electrons. The molecule has 4 nitrogen and oxygen atoms in total. The summed E-state index contributed by atoms with van der Waals surface area (Å²) in [4.78, 5) is 13.6. The van der Waals surface area contributed by atoms with E-state index in [-0.39, 0.29) is 12.5 Å². The number of hydrogen-bond donors (Lipinski definition) is 0. The van der Waals surface area contributed by atoms with E-state index in [1.165, 1.54) is 0 Å². The Morgan fingerprint density at radius 3 is 3.12 bits per heavy atom. The Morgan fingerprint density at radius 2 is 2.35 bits per heavy atom. The van der Waals surface area contributed by atoms with Gasteiger partial charge in [-0.25, -0.2) is 0 Å². The van der Waals surface area contributed by atoms with E-state index < -0.39 is 0 Å². The van der Waals surface area contributed by atoms with Crippen LogP contribution in [0.4, 0.5) is 5.69 Å². The average molecular weight is 347 g/mol. The molecule has 0 aromatic heterocycles. The van der Waals surface area contributed by atoms with Gasteiger partial charge in [0.25, 0.3) is 5.91 Å². The minimum absolute atomic E-state index is 0.00982. The van der Waals surface area contributed by atoms with E-state index in [1.807, 2.05) is 18.2 Å². The molecular formula is C12H14INO3. The maximum atomic E-state index is 11.8. The third-order valence-electron chi connectivity index (χ3n) is 2.59. The van der Waals surface area contributed by atoms with Gasteiger partial charge >= 0.3 is 0 Å². The van der Waals surface area contributed by atoms with Crippen LogP contribution in [-0.4, -0.2) is 32.8 Å². The Kier molecular flexibility index (Phi) is 4.22. The van der Waals surface area contributed by atoms with Crippen molar-refractivity contribution < 1.29 is 14.3 Å². The van der Waals surface area contributed by atoms with E-state index in [2.05, 4.69) is 22.6 Å². The fourth-order valence-electron chi connectivity index (χ4n) is 1.79. The lowest BCUT2D eigenvalue weighted by Crippen LogP contribution is -2.39. The molecule has 92 valence electrons. The van der Waals surface area contributed by atoms with Crippen molar-refractivity contribution in [3.8, 4) is 5.75 Å². The lowest BCUT2D eigenvalue weighted by molar-refractivity contribution is -0.121. The number of fused-ring (bicyclic) bond motifs is 1. The number of benzene rings is 1. The van der Waals surface area contributed by atoms with Gasteiger partial charge in [-0.1, -0.05) is 0 Å². The molecule has 1 aliphatic rings. The average Bonchev–Trinajstić information content (AvgIpc) is 2.32. The van der Waals surface area contributed by atoms with Crippen molar-refractivity contribution in [1.82, 2.24) is 0 Å². The van der Waals surface area contributed by atoms with Crippen molar-refractivity contribution in [1.29, 1.82) is 0 Å². The Bertz CT molecular complexity index is 422. The van der Waals surface area contributed by atoms with Crippen LogP contribution >= 0.6 is 22.6 Å². The summed E-state index contributed by atoms with van der Waals surface area (Å²) in [5.74, 6) is 0.790. The summed E-state index contributed by atoms with van der Waals surface area (Å²) in [6, 6.07) is 5.86. The number of carbonyl (C=O) groups is 1. The van der Waals surface area contributed by atoms with E-state index in [9.17, 15) is 4.79 Å². The number of amides is 1. The molecule has 0 spiro atoms. The predicted molar refractivity (Wildman–Crippen MR) is 73.5 cm³/mol. The number of carbonyl (C=O) groups excluding carboxylic acids is 1. The minimum atomic E-state index is 0.00982. The molecule has 1 aromatic rings. The second-order valence-electron chi connectivity index (χ2n) is 3.79. The van der Waals surface area contributed by atoms with Gasteiger partial charge in [0, 0.05) is 23.8 Å².